The highest BCUT2D eigenvalue weighted by Crippen LogP contribution is 2.19. The molecule has 5 heteroatoms. The van der Waals surface area contributed by atoms with Gasteiger partial charge in [-0.3, -0.25) is 4.79 Å². The second-order valence-corrected chi connectivity index (χ2v) is 6.10. The molecule has 21 heavy (non-hydrogen) atoms. The van der Waals surface area contributed by atoms with Gasteiger partial charge in [0.2, 0.25) is 5.91 Å². The van der Waals surface area contributed by atoms with Crippen LogP contribution in [0, 0.1) is 11.7 Å². The minimum atomic E-state index is -0.382. The first kappa shape index (κ1) is 16.2. The molecule has 2 rings (SSSR count). The summed E-state index contributed by atoms with van der Waals surface area (Å²) in [5.74, 6) is 0.235. The van der Waals surface area contributed by atoms with Crippen molar-refractivity contribution in [3.05, 3.63) is 34.6 Å². The smallest absolute Gasteiger partial charge is 0.222 e. The highest BCUT2D eigenvalue weighted by molar-refractivity contribution is 6.30. The van der Waals surface area contributed by atoms with Crippen molar-refractivity contribution in [1.82, 2.24) is 10.2 Å². The molecule has 0 unspecified atom stereocenters. The Labute approximate surface area is 130 Å². The van der Waals surface area contributed by atoms with Crippen LogP contribution in [0.5, 0.6) is 0 Å². The van der Waals surface area contributed by atoms with E-state index in [0.717, 1.165) is 25.1 Å². The molecule has 1 N–H and O–H groups in total. The third kappa shape index (κ3) is 4.17. The molecule has 0 saturated carbocycles. The summed E-state index contributed by atoms with van der Waals surface area (Å²) < 4.78 is 13.4. The quantitative estimate of drug-likeness (QED) is 0.926. The van der Waals surface area contributed by atoms with Gasteiger partial charge < -0.3 is 10.2 Å². The van der Waals surface area contributed by atoms with E-state index in [1.165, 1.54) is 6.07 Å². The van der Waals surface area contributed by atoms with E-state index in [2.05, 4.69) is 12.2 Å². The standard InChI is InChI=1S/C16H22ClFN2O/c1-3-16(21)20-7-6-15(11(2)10-20)19-9-12-4-5-13(17)14(18)8-12/h4-5,8,11,15,19H,3,6-7,9-10H2,1-2H3/t11-,15-/m1/s1. The first-order chi connectivity index (χ1) is 10.0. The lowest BCUT2D eigenvalue weighted by atomic mass is 9.93. The van der Waals surface area contributed by atoms with Gasteiger partial charge in [-0.25, -0.2) is 4.39 Å². The maximum atomic E-state index is 13.4. The number of likely N-dealkylation sites (tertiary alicyclic amines) is 1. The largest absolute Gasteiger partial charge is 0.342 e. The van der Waals surface area contributed by atoms with Crippen molar-refractivity contribution in [2.75, 3.05) is 13.1 Å². The minimum absolute atomic E-state index is 0.151. The van der Waals surface area contributed by atoms with Crippen LogP contribution < -0.4 is 5.32 Å². The summed E-state index contributed by atoms with van der Waals surface area (Å²) in [5.41, 5.74) is 0.885. The second kappa shape index (κ2) is 7.23. The SMILES string of the molecule is CCC(=O)N1CC[C@@H](NCc2ccc(Cl)c(F)c2)[C@H](C)C1. The predicted molar refractivity (Wildman–Crippen MR) is 82.7 cm³/mol. The number of hydrogen-bond donors (Lipinski definition) is 1. The van der Waals surface area contributed by atoms with E-state index >= 15 is 0 Å². The summed E-state index contributed by atoms with van der Waals surface area (Å²) in [6, 6.07) is 5.23. The van der Waals surface area contributed by atoms with Crippen molar-refractivity contribution < 1.29 is 9.18 Å². The number of carbonyl (C=O) groups is 1. The van der Waals surface area contributed by atoms with Crippen LogP contribution in [0.15, 0.2) is 18.2 Å². The molecular formula is C16H22ClFN2O. The van der Waals surface area contributed by atoms with Gasteiger partial charge in [0, 0.05) is 32.1 Å². The van der Waals surface area contributed by atoms with Crippen molar-refractivity contribution in [2.24, 2.45) is 5.92 Å². The van der Waals surface area contributed by atoms with Crippen LogP contribution in [0.2, 0.25) is 5.02 Å². The first-order valence-corrected chi connectivity index (χ1v) is 7.84. The number of nitrogens with one attached hydrogen (secondary N) is 1. The van der Waals surface area contributed by atoms with E-state index in [4.69, 9.17) is 11.6 Å². The Balaban J connectivity index is 1.87. The Hall–Kier alpha value is -1.13. The van der Waals surface area contributed by atoms with Crippen LogP contribution in [-0.2, 0) is 11.3 Å². The maximum absolute atomic E-state index is 13.4. The van der Waals surface area contributed by atoms with Gasteiger partial charge in [0.1, 0.15) is 5.82 Å². The second-order valence-electron chi connectivity index (χ2n) is 5.70. The predicted octanol–water partition coefficient (Wildman–Crippen LogP) is 3.22. The van der Waals surface area contributed by atoms with E-state index in [9.17, 15) is 9.18 Å². The number of carbonyl (C=O) groups excluding carboxylic acids is 1. The Kier molecular flexibility index (Phi) is 5.59. The number of amides is 1. The average molecular weight is 313 g/mol. The summed E-state index contributed by atoms with van der Waals surface area (Å²) in [6.45, 7) is 6.25. The molecule has 3 nitrogen and oxygen atoms in total. The van der Waals surface area contributed by atoms with Crippen LogP contribution in [-0.4, -0.2) is 29.9 Å². The molecule has 1 fully saturated rings. The number of hydrogen-bond acceptors (Lipinski definition) is 2. The lowest BCUT2D eigenvalue weighted by Crippen LogP contribution is -2.49. The van der Waals surface area contributed by atoms with Crippen molar-refractivity contribution in [3.8, 4) is 0 Å². The number of rotatable bonds is 4. The summed E-state index contributed by atoms with van der Waals surface area (Å²) in [4.78, 5) is 13.7. The Morgan fingerprint density at radius 1 is 1.52 bits per heavy atom. The van der Waals surface area contributed by atoms with Gasteiger partial charge in [-0.05, 0) is 30.0 Å². The highest BCUT2D eigenvalue weighted by atomic mass is 35.5. The molecule has 0 spiro atoms. The van der Waals surface area contributed by atoms with Gasteiger partial charge in [-0.1, -0.05) is 31.5 Å². The van der Waals surface area contributed by atoms with Gasteiger partial charge in [-0.2, -0.15) is 0 Å². The van der Waals surface area contributed by atoms with Crippen LogP contribution in [0.3, 0.4) is 0 Å². The molecule has 0 bridgehead atoms. The van der Waals surface area contributed by atoms with E-state index < -0.39 is 0 Å². The van der Waals surface area contributed by atoms with Gasteiger partial charge in [-0.15, -0.1) is 0 Å². The molecule has 1 aromatic rings. The maximum Gasteiger partial charge on any atom is 0.222 e. The summed E-state index contributed by atoms with van der Waals surface area (Å²) in [5, 5.41) is 3.62. The third-order valence-corrected chi connectivity index (χ3v) is 4.42. The average Bonchev–Trinajstić information content (AvgIpc) is 2.48. The van der Waals surface area contributed by atoms with Gasteiger partial charge in [0.25, 0.3) is 0 Å². The normalized spacial score (nSPS) is 22.4. The zero-order valence-corrected chi connectivity index (χ0v) is 13.3. The highest BCUT2D eigenvalue weighted by Gasteiger charge is 2.27. The number of halogens is 2. The lowest BCUT2D eigenvalue weighted by molar-refractivity contribution is -0.132. The van der Waals surface area contributed by atoms with Gasteiger partial charge >= 0.3 is 0 Å². The summed E-state index contributed by atoms with van der Waals surface area (Å²) in [7, 11) is 0. The fourth-order valence-electron chi connectivity index (χ4n) is 2.80. The van der Waals surface area contributed by atoms with E-state index in [1.807, 2.05) is 17.9 Å². The molecule has 0 radical (unpaired) electrons. The third-order valence-electron chi connectivity index (χ3n) is 4.11. The van der Waals surface area contributed by atoms with E-state index in [0.29, 0.717) is 24.9 Å². The van der Waals surface area contributed by atoms with E-state index in [-0.39, 0.29) is 16.7 Å². The fourth-order valence-corrected chi connectivity index (χ4v) is 2.92. The van der Waals surface area contributed by atoms with Crippen molar-refractivity contribution in [2.45, 2.75) is 39.3 Å². The summed E-state index contributed by atoms with van der Waals surface area (Å²) in [6.07, 6.45) is 1.50. The molecule has 1 aliphatic rings. The molecule has 0 aliphatic carbocycles. The molecule has 1 saturated heterocycles. The van der Waals surface area contributed by atoms with Crippen molar-refractivity contribution >= 4 is 17.5 Å². The number of nitrogens with zero attached hydrogens (tertiary/aromatic N) is 1. The van der Waals surface area contributed by atoms with Crippen molar-refractivity contribution in [1.29, 1.82) is 0 Å². The van der Waals surface area contributed by atoms with Gasteiger partial charge in [0.05, 0.1) is 5.02 Å². The molecule has 116 valence electrons. The molecule has 1 aromatic carbocycles. The lowest BCUT2D eigenvalue weighted by Gasteiger charge is -2.37. The molecule has 2 atom stereocenters. The number of piperidine rings is 1. The topological polar surface area (TPSA) is 32.3 Å². The molecule has 0 aromatic heterocycles. The zero-order chi connectivity index (χ0) is 15.4. The minimum Gasteiger partial charge on any atom is -0.342 e. The van der Waals surface area contributed by atoms with Gasteiger partial charge in [0.15, 0.2) is 0 Å². The van der Waals surface area contributed by atoms with E-state index in [1.54, 1.807) is 6.07 Å². The van der Waals surface area contributed by atoms with Crippen LogP contribution >= 0.6 is 11.6 Å². The molecule has 1 amide bonds. The Morgan fingerprint density at radius 2 is 2.29 bits per heavy atom. The molecular weight excluding hydrogens is 291 g/mol. The molecule has 1 heterocycles. The van der Waals surface area contributed by atoms with Crippen LogP contribution in [0.4, 0.5) is 4.39 Å². The monoisotopic (exact) mass is 312 g/mol. The first-order valence-electron chi connectivity index (χ1n) is 7.46. The summed E-state index contributed by atoms with van der Waals surface area (Å²) >= 11 is 5.68. The molecule has 1 aliphatic heterocycles. The Bertz CT molecular complexity index is 509. The Morgan fingerprint density at radius 3 is 2.90 bits per heavy atom. The number of benzene rings is 1. The fraction of sp³-hybridized carbons (Fsp3) is 0.562. The zero-order valence-electron chi connectivity index (χ0n) is 12.5. The van der Waals surface area contributed by atoms with Crippen LogP contribution in [0.25, 0.3) is 0 Å². The van der Waals surface area contributed by atoms with Crippen molar-refractivity contribution in [3.63, 3.8) is 0 Å². The van der Waals surface area contributed by atoms with Crippen LogP contribution in [0.1, 0.15) is 32.3 Å².